The van der Waals surface area contributed by atoms with E-state index < -0.39 is 97.5 Å². The molecule has 0 aliphatic rings. The molecule has 0 radical (unpaired) electrons. The van der Waals surface area contributed by atoms with Gasteiger partial charge in [-0.15, -0.1) is 0 Å². The Balaban J connectivity index is 5.35. The predicted molar refractivity (Wildman–Crippen MR) is 390 cm³/mol. The van der Waals surface area contributed by atoms with Gasteiger partial charge in [0.2, 0.25) is 0 Å². The van der Waals surface area contributed by atoms with E-state index in [1.807, 2.05) is 12.2 Å². The van der Waals surface area contributed by atoms with E-state index in [0.717, 1.165) is 135 Å². The number of esters is 4. The molecule has 556 valence electrons. The van der Waals surface area contributed by atoms with Crippen LogP contribution < -0.4 is 0 Å². The van der Waals surface area contributed by atoms with Gasteiger partial charge in [0.25, 0.3) is 0 Å². The topological polar surface area (TPSA) is 237 Å². The molecule has 0 aliphatic carbocycles. The maximum absolute atomic E-state index is 13.1. The third-order valence-electron chi connectivity index (χ3n) is 15.8. The molecular weight excluding hydrogens is 1260 g/mol. The van der Waals surface area contributed by atoms with Gasteiger partial charge in [-0.3, -0.25) is 37.3 Å². The largest absolute Gasteiger partial charge is 0.472 e. The fraction of sp³-hybridized carbons (Fsp3) is 0.766. The molecule has 5 atom stereocenters. The minimum absolute atomic E-state index is 0.0845. The van der Waals surface area contributed by atoms with Gasteiger partial charge in [0, 0.05) is 25.7 Å². The molecule has 0 saturated heterocycles. The van der Waals surface area contributed by atoms with Crippen LogP contribution in [-0.4, -0.2) is 96.7 Å². The predicted octanol–water partition coefficient (Wildman–Crippen LogP) is 21.4. The molecule has 0 aromatic rings. The number of rotatable bonds is 71. The molecule has 3 N–H and O–H groups in total. The van der Waals surface area contributed by atoms with Crippen molar-refractivity contribution in [1.82, 2.24) is 0 Å². The second-order valence-corrected chi connectivity index (χ2v) is 28.1. The number of hydrogen-bond acceptors (Lipinski definition) is 15. The summed E-state index contributed by atoms with van der Waals surface area (Å²) >= 11 is 0. The van der Waals surface area contributed by atoms with Gasteiger partial charge in [0.1, 0.15) is 19.3 Å². The molecule has 0 bridgehead atoms. The summed E-state index contributed by atoms with van der Waals surface area (Å²) in [6.45, 7) is 4.67. The summed E-state index contributed by atoms with van der Waals surface area (Å²) < 4.78 is 68.3. The number of carbonyl (C=O) groups excluding carboxylic acids is 4. The Morgan fingerprint density at radius 2 is 0.552 bits per heavy atom. The Morgan fingerprint density at radius 1 is 0.302 bits per heavy atom. The zero-order valence-electron chi connectivity index (χ0n) is 60.5. The molecule has 19 heteroatoms. The number of unbranched alkanes of at least 4 members (excludes halogenated alkanes) is 31. The van der Waals surface area contributed by atoms with E-state index >= 15 is 0 Å². The molecule has 0 aromatic heterocycles. The van der Waals surface area contributed by atoms with E-state index in [-0.39, 0.29) is 25.7 Å². The summed E-state index contributed by atoms with van der Waals surface area (Å²) in [7, 11) is -9.95. The van der Waals surface area contributed by atoms with E-state index in [2.05, 4.69) is 101 Å². The number of carbonyl (C=O) groups is 4. The van der Waals surface area contributed by atoms with Crippen molar-refractivity contribution in [3.05, 3.63) is 85.1 Å². The lowest BCUT2D eigenvalue weighted by Crippen LogP contribution is -2.30. The third kappa shape index (κ3) is 68.8. The molecule has 0 amide bonds. The highest BCUT2D eigenvalue weighted by atomic mass is 31.2. The van der Waals surface area contributed by atoms with Crippen LogP contribution in [0.15, 0.2) is 85.1 Å². The lowest BCUT2D eigenvalue weighted by molar-refractivity contribution is -0.161. The molecular formula is C77H136O17P2. The van der Waals surface area contributed by atoms with Crippen molar-refractivity contribution >= 4 is 39.5 Å². The van der Waals surface area contributed by atoms with Crippen LogP contribution in [0.5, 0.6) is 0 Å². The first-order valence-corrected chi connectivity index (χ1v) is 40.8. The normalized spacial score (nSPS) is 14.4. The minimum atomic E-state index is -4.98. The average molecular weight is 1400 g/mol. The fourth-order valence-electron chi connectivity index (χ4n) is 10.1. The van der Waals surface area contributed by atoms with Crippen LogP contribution >= 0.6 is 15.6 Å². The Bertz CT molecular complexity index is 2160. The van der Waals surface area contributed by atoms with E-state index in [1.54, 1.807) is 0 Å². The monoisotopic (exact) mass is 1390 g/mol. The first-order valence-electron chi connectivity index (χ1n) is 37.8. The van der Waals surface area contributed by atoms with Gasteiger partial charge in [-0.25, -0.2) is 9.13 Å². The summed E-state index contributed by atoms with van der Waals surface area (Å²) in [6, 6.07) is 0. The maximum Gasteiger partial charge on any atom is 0.472 e. The lowest BCUT2D eigenvalue weighted by atomic mass is 10.1. The van der Waals surface area contributed by atoms with Crippen molar-refractivity contribution in [3.63, 3.8) is 0 Å². The van der Waals surface area contributed by atoms with Crippen LogP contribution in [0, 0.1) is 0 Å². The number of ether oxygens (including phenoxy) is 4. The summed E-state index contributed by atoms with van der Waals surface area (Å²) in [5.74, 6) is -2.24. The lowest BCUT2D eigenvalue weighted by Gasteiger charge is -2.21. The Hall–Kier alpha value is -3.76. The highest BCUT2D eigenvalue weighted by Gasteiger charge is 2.30. The number of aliphatic hydroxyl groups is 1. The van der Waals surface area contributed by atoms with Gasteiger partial charge >= 0.3 is 39.5 Å². The Labute approximate surface area is 583 Å². The molecule has 0 fully saturated rings. The van der Waals surface area contributed by atoms with Crippen LogP contribution in [0.3, 0.4) is 0 Å². The highest BCUT2D eigenvalue weighted by molar-refractivity contribution is 7.47. The van der Waals surface area contributed by atoms with Crippen molar-refractivity contribution in [1.29, 1.82) is 0 Å². The minimum Gasteiger partial charge on any atom is -0.462 e. The van der Waals surface area contributed by atoms with E-state index in [1.165, 1.54) is 103 Å². The molecule has 0 aromatic carbocycles. The van der Waals surface area contributed by atoms with Gasteiger partial charge in [0.05, 0.1) is 26.4 Å². The van der Waals surface area contributed by atoms with Gasteiger partial charge in [0.15, 0.2) is 12.2 Å². The molecule has 0 aliphatic heterocycles. The van der Waals surface area contributed by atoms with Crippen molar-refractivity contribution < 1.29 is 80.2 Å². The van der Waals surface area contributed by atoms with Gasteiger partial charge in [-0.05, 0) is 116 Å². The number of aliphatic hydroxyl groups excluding tert-OH is 1. The molecule has 0 rings (SSSR count). The molecule has 0 saturated carbocycles. The maximum atomic E-state index is 13.1. The Kier molecular flexibility index (Phi) is 67.0. The zero-order chi connectivity index (χ0) is 70.4. The summed E-state index contributed by atoms with van der Waals surface area (Å²) in [6.07, 6.45) is 70.2. The van der Waals surface area contributed by atoms with Crippen LogP contribution in [0.25, 0.3) is 0 Å². The van der Waals surface area contributed by atoms with Crippen LogP contribution in [0.4, 0.5) is 0 Å². The number of phosphoric ester groups is 2. The van der Waals surface area contributed by atoms with Crippen molar-refractivity contribution in [2.45, 2.75) is 341 Å². The van der Waals surface area contributed by atoms with E-state index in [4.69, 9.17) is 37.0 Å². The summed E-state index contributed by atoms with van der Waals surface area (Å²) in [4.78, 5) is 72.7. The van der Waals surface area contributed by atoms with Crippen LogP contribution in [-0.2, 0) is 65.4 Å². The van der Waals surface area contributed by atoms with E-state index in [0.29, 0.717) is 32.1 Å². The Morgan fingerprint density at radius 3 is 0.896 bits per heavy atom. The second-order valence-electron chi connectivity index (χ2n) is 25.2. The smallest absolute Gasteiger partial charge is 0.462 e. The first kappa shape index (κ1) is 92.2. The molecule has 96 heavy (non-hydrogen) atoms. The zero-order valence-corrected chi connectivity index (χ0v) is 62.3. The number of allylic oxidation sites excluding steroid dienone is 14. The van der Waals surface area contributed by atoms with Crippen LogP contribution in [0.2, 0.25) is 0 Å². The SMILES string of the molecule is CC/C=C\C/C=C\C/C=C\C/C=C\C/C=C\CCCC(=O)OCC(COP(=O)(O)OCC(O)COP(=O)(O)OCC(COC(=O)CCCCCCC/C=C\CCCCCCCC)OC(=O)CCCCCCC/C=C\CCCCCC)OC(=O)CCCCCCCCCCCCC. The molecule has 5 unspecified atom stereocenters. The van der Waals surface area contributed by atoms with Gasteiger partial charge < -0.3 is 33.8 Å². The van der Waals surface area contributed by atoms with E-state index in [9.17, 15) is 43.2 Å². The summed E-state index contributed by atoms with van der Waals surface area (Å²) in [5.41, 5.74) is 0. The van der Waals surface area contributed by atoms with Gasteiger partial charge in [-0.1, -0.05) is 267 Å². The summed E-state index contributed by atoms with van der Waals surface area (Å²) in [5, 5.41) is 10.6. The molecule has 0 heterocycles. The first-order chi connectivity index (χ1) is 46.7. The molecule has 0 spiro atoms. The fourth-order valence-corrected chi connectivity index (χ4v) is 11.6. The number of phosphoric acid groups is 2. The average Bonchev–Trinajstić information content (AvgIpc) is 1.13. The standard InChI is InChI=1S/C77H136O17P2/c1-5-9-13-17-21-25-29-32-34-35-37-40-43-46-50-54-58-62-75(80)87-67-72(93-76(81)63-59-55-51-47-41-28-24-20-16-12-8-4)69-91-95(83,84)89-65-71(78)66-90-96(85,86)92-70-73(94-77(82)64-60-56-52-48-44-38-31-27-23-19-15-11-7-3)68-88-74(79)61-57-53-49-45-42-39-36-33-30-26-22-18-14-10-6-2/h9,13,21,25,27,31-34,36-37,40,46,50,71-73,78H,5-8,10-12,14-20,22-24,26,28-30,35,38-39,41-45,47-49,51-70H2,1-4H3,(H,83,84)(H,85,86)/b13-9-,25-21-,31-27-,34-32-,36-33-,40-37-,50-46-. The second kappa shape index (κ2) is 69.7. The third-order valence-corrected chi connectivity index (χ3v) is 17.7. The van der Waals surface area contributed by atoms with Crippen LogP contribution in [0.1, 0.15) is 323 Å². The van der Waals surface area contributed by atoms with Crippen molar-refractivity contribution in [3.8, 4) is 0 Å². The van der Waals surface area contributed by atoms with Gasteiger partial charge in [-0.2, -0.15) is 0 Å². The van der Waals surface area contributed by atoms with Crippen molar-refractivity contribution in [2.75, 3.05) is 39.6 Å². The highest BCUT2D eigenvalue weighted by Crippen LogP contribution is 2.45. The molecule has 17 nitrogen and oxygen atoms in total. The number of hydrogen-bond donors (Lipinski definition) is 3. The quantitative estimate of drug-likeness (QED) is 0.0169. The van der Waals surface area contributed by atoms with Crippen molar-refractivity contribution in [2.24, 2.45) is 0 Å².